The minimum atomic E-state index is -0.544. The topological polar surface area (TPSA) is 105 Å². The number of allylic oxidation sites excluding steroid dienone is 1. The van der Waals surface area contributed by atoms with Crippen LogP contribution in [0.4, 0.5) is 0 Å². The van der Waals surface area contributed by atoms with Crippen LogP contribution < -0.4 is 9.47 Å². The summed E-state index contributed by atoms with van der Waals surface area (Å²) in [6, 6.07) is 4.79. The van der Waals surface area contributed by atoms with Gasteiger partial charge < -0.3 is 18.9 Å². The van der Waals surface area contributed by atoms with Crippen LogP contribution in [-0.2, 0) is 28.7 Å². The number of hydrogen-bond donors (Lipinski definition) is 0. The summed E-state index contributed by atoms with van der Waals surface area (Å²) < 4.78 is 22.5. The molecule has 1 aromatic rings. The Balaban J connectivity index is 1.19. The Hall–Kier alpha value is -3.42. The fourth-order valence-corrected chi connectivity index (χ4v) is 13.4. The summed E-state index contributed by atoms with van der Waals surface area (Å²) in [5.41, 5.74) is 2.27. The molecule has 0 aromatic heterocycles. The fraction of sp³-hybridized carbons (Fsp3) is 0.689. The lowest BCUT2D eigenvalue weighted by atomic mass is 9.32. The molecule has 0 amide bonds. The van der Waals surface area contributed by atoms with Crippen molar-refractivity contribution in [2.24, 2.45) is 56.7 Å². The number of ether oxygens (including phenoxy) is 4. The first-order chi connectivity index (χ1) is 24.8. The summed E-state index contributed by atoms with van der Waals surface area (Å²) in [6.45, 7) is 23.8. The van der Waals surface area contributed by atoms with Gasteiger partial charge in [-0.3, -0.25) is 14.4 Å². The molecule has 8 nitrogen and oxygen atoms in total. The lowest BCUT2D eigenvalue weighted by Gasteiger charge is -2.73. The van der Waals surface area contributed by atoms with Crippen molar-refractivity contribution >= 4 is 30.0 Å². The van der Waals surface area contributed by atoms with Crippen LogP contribution >= 0.6 is 0 Å². The molecule has 0 unspecified atom stereocenters. The molecule has 0 aliphatic heterocycles. The monoisotopic (exact) mass is 730 g/mol. The summed E-state index contributed by atoms with van der Waals surface area (Å²) in [5, 5.41) is 0. The Morgan fingerprint density at radius 1 is 0.755 bits per heavy atom. The van der Waals surface area contributed by atoms with E-state index < -0.39 is 17.9 Å². The largest absolute Gasteiger partial charge is 0.465 e. The molecule has 5 fully saturated rings. The Kier molecular flexibility index (Phi) is 10.4. The van der Waals surface area contributed by atoms with Gasteiger partial charge in [0, 0.05) is 37.7 Å². The van der Waals surface area contributed by atoms with Gasteiger partial charge in [0.15, 0.2) is 11.5 Å². The molecule has 10 atom stereocenters. The summed E-state index contributed by atoms with van der Waals surface area (Å²) >= 11 is 0. The Labute approximate surface area is 316 Å². The van der Waals surface area contributed by atoms with E-state index in [2.05, 4.69) is 48.1 Å². The predicted molar refractivity (Wildman–Crippen MR) is 204 cm³/mol. The van der Waals surface area contributed by atoms with Crippen LogP contribution in [-0.4, -0.2) is 36.6 Å². The second-order valence-electron chi connectivity index (χ2n) is 18.8. The van der Waals surface area contributed by atoms with Gasteiger partial charge in [0.1, 0.15) is 6.10 Å². The normalized spacial score (nSPS) is 38.4. The number of hydrogen-bond acceptors (Lipinski definition) is 8. The van der Waals surface area contributed by atoms with E-state index in [1.54, 1.807) is 31.2 Å². The molecule has 0 spiro atoms. The predicted octanol–water partition coefficient (Wildman–Crippen LogP) is 9.68. The van der Waals surface area contributed by atoms with E-state index >= 15 is 0 Å². The molecule has 0 heterocycles. The van der Waals surface area contributed by atoms with Crippen LogP contribution in [0.15, 0.2) is 36.4 Å². The third-order valence-corrected chi connectivity index (χ3v) is 15.9. The minimum absolute atomic E-state index is 0.0557. The summed E-state index contributed by atoms with van der Waals surface area (Å²) in [6.07, 6.45) is 14.0. The van der Waals surface area contributed by atoms with Gasteiger partial charge in [-0.05, 0) is 141 Å². The second kappa shape index (κ2) is 14.0. The molecule has 0 bridgehead atoms. The average Bonchev–Trinajstić information content (AvgIpc) is 3.45. The highest BCUT2D eigenvalue weighted by atomic mass is 16.6. The molecule has 6 rings (SSSR count). The highest BCUT2D eigenvalue weighted by molar-refractivity contribution is 5.87. The van der Waals surface area contributed by atoms with E-state index in [1.807, 2.05) is 0 Å². The van der Waals surface area contributed by atoms with Crippen molar-refractivity contribution in [3.05, 3.63) is 42.0 Å². The number of carbonyl (C=O) groups is 4. The van der Waals surface area contributed by atoms with Crippen LogP contribution in [0.3, 0.4) is 0 Å². The summed E-state index contributed by atoms with van der Waals surface area (Å²) in [5.74, 6) is 1.17. The third-order valence-electron chi connectivity index (χ3n) is 15.9. The van der Waals surface area contributed by atoms with Gasteiger partial charge in [-0.2, -0.15) is 0 Å². The number of esters is 4. The van der Waals surface area contributed by atoms with Crippen molar-refractivity contribution in [3.63, 3.8) is 0 Å². The molecular weight excluding hydrogens is 668 g/mol. The number of fused-ring (bicyclic) bond motifs is 7. The molecular formula is C45H62O8. The molecule has 0 saturated heterocycles. The van der Waals surface area contributed by atoms with Crippen molar-refractivity contribution < 1.29 is 38.1 Å². The molecule has 1 aromatic carbocycles. The zero-order chi connectivity index (χ0) is 38.7. The van der Waals surface area contributed by atoms with Gasteiger partial charge in [-0.25, -0.2) is 4.79 Å². The highest BCUT2D eigenvalue weighted by Gasteiger charge is 2.71. The van der Waals surface area contributed by atoms with E-state index in [0.717, 1.165) is 38.5 Å². The first-order valence-electron chi connectivity index (χ1n) is 20.0. The zero-order valence-electron chi connectivity index (χ0n) is 33.6. The fourth-order valence-electron chi connectivity index (χ4n) is 13.4. The Bertz CT molecular complexity index is 1690. The van der Waals surface area contributed by atoms with Crippen LogP contribution in [0.1, 0.15) is 132 Å². The van der Waals surface area contributed by atoms with Gasteiger partial charge in [-0.15, -0.1) is 0 Å². The van der Waals surface area contributed by atoms with E-state index in [4.69, 9.17) is 18.9 Å². The van der Waals surface area contributed by atoms with Crippen molar-refractivity contribution in [2.75, 3.05) is 6.61 Å². The van der Waals surface area contributed by atoms with Gasteiger partial charge in [0.2, 0.25) is 0 Å². The Morgan fingerprint density at radius 3 is 2.11 bits per heavy atom. The highest BCUT2D eigenvalue weighted by Crippen LogP contribution is 2.77. The molecule has 8 heteroatoms. The maximum atomic E-state index is 13.3. The molecule has 0 N–H and O–H groups in total. The van der Waals surface area contributed by atoms with Crippen molar-refractivity contribution in [1.29, 1.82) is 0 Å². The van der Waals surface area contributed by atoms with Crippen LogP contribution in [0.5, 0.6) is 11.5 Å². The Morgan fingerprint density at radius 2 is 1.45 bits per heavy atom. The van der Waals surface area contributed by atoms with E-state index in [0.29, 0.717) is 41.8 Å². The number of rotatable bonds is 8. The molecule has 5 aliphatic carbocycles. The molecule has 0 radical (unpaired) electrons. The molecule has 5 aliphatic rings. The van der Waals surface area contributed by atoms with E-state index in [-0.39, 0.29) is 50.6 Å². The van der Waals surface area contributed by atoms with E-state index in [1.165, 1.54) is 51.2 Å². The lowest BCUT2D eigenvalue weighted by Crippen LogP contribution is -2.67. The van der Waals surface area contributed by atoms with Crippen molar-refractivity contribution in [3.8, 4) is 11.5 Å². The minimum Gasteiger partial charge on any atom is -0.465 e. The zero-order valence-corrected chi connectivity index (χ0v) is 33.6. The maximum absolute atomic E-state index is 13.3. The van der Waals surface area contributed by atoms with E-state index in [9.17, 15) is 19.2 Å². The maximum Gasteiger partial charge on any atom is 0.331 e. The first-order valence-corrected chi connectivity index (χ1v) is 20.0. The van der Waals surface area contributed by atoms with Gasteiger partial charge in [0.25, 0.3) is 0 Å². The second-order valence-corrected chi connectivity index (χ2v) is 18.8. The average molecular weight is 731 g/mol. The quantitative estimate of drug-likeness (QED) is 0.113. The first kappa shape index (κ1) is 39.3. The smallest absolute Gasteiger partial charge is 0.331 e. The third kappa shape index (κ3) is 6.68. The summed E-state index contributed by atoms with van der Waals surface area (Å²) in [4.78, 5) is 48.6. The SMILES string of the molecule is C=C(C)[C@@H]1CC[C@]2(COC(C)=O)CC[C@]3(C)[C@H](CC[C@@H]4[C@@]5(C)CC[C@H](OC(=O)/C=C/c6ccc(OC(C)=O)c(OC(C)=O)c6)C(C)(C)[C@H]5CC[C@]43C)[C@H]12. The molecule has 53 heavy (non-hydrogen) atoms. The van der Waals surface area contributed by atoms with Crippen molar-refractivity contribution in [2.45, 2.75) is 133 Å². The van der Waals surface area contributed by atoms with Gasteiger partial charge in [-0.1, -0.05) is 52.8 Å². The van der Waals surface area contributed by atoms with Gasteiger partial charge in [0.05, 0.1) is 6.61 Å². The standard InChI is InChI=1S/C45H62O8/c1-27(2)32-17-22-45(26-50-28(3)46)24-23-43(9)33(40(32)45)13-15-37-42(8)20-19-38(41(6,7)36(42)18-21-44(37,43)10)53-39(49)16-12-31-11-14-34(51-29(4)47)35(25-31)52-30(5)48/h11-12,14,16,25,32-33,36-38,40H,1,13,15,17-24,26H2,2-10H3/b16-12+/t32-,33+,36+,37+,38-,40-,42-,43+,44+,45+/m0/s1. The van der Waals surface area contributed by atoms with Crippen LogP contribution in [0.25, 0.3) is 6.08 Å². The number of carbonyl (C=O) groups excluding carboxylic acids is 4. The van der Waals surface area contributed by atoms with Crippen LogP contribution in [0, 0.1) is 56.7 Å². The van der Waals surface area contributed by atoms with Crippen LogP contribution in [0.2, 0.25) is 0 Å². The van der Waals surface area contributed by atoms with Crippen molar-refractivity contribution in [1.82, 2.24) is 0 Å². The van der Waals surface area contributed by atoms with Gasteiger partial charge >= 0.3 is 23.9 Å². The molecule has 290 valence electrons. The summed E-state index contributed by atoms with van der Waals surface area (Å²) in [7, 11) is 0. The lowest BCUT2D eigenvalue weighted by molar-refractivity contribution is -0.251. The molecule has 5 saturated carbocycles. The number of benzene rings is 1.